The van der Waals surface area contributed by atoms with Crippen molar-refractivity contribution in [3.63, 3.8) is 0 Å². The molecule has 0 aromatic heterocycles. The highest BCUT2D eigenvalue weighted by atomic mass is 35.5. The van der Waals surface area contributed by atoms with Gasteiger partial charge in [-0.2, -0.15) is 0 Å². The third kappa shape index (κ3) is 3.59. The lowest BCUT2D eigenvalue weighted by Gasteiger charge is -2.35. The second-order valence-electron chi connectivity index (χ2n) is 6.18. The van der Waals surface area contributed by atoms with Crippen LogP contribution in [-0.4, -0.2) is 55.2 Å². The summed E-state index contributed by atoms with van der Waals surface area (Å²) in [6, 6.07) is 9.35. The van der Waals surface area contributed by atoms with Crippen LogP contribution in [0.1, 0.15) is 31.4 Å². The van der Waals surface area contributed by atoms with Crippen LogP contribution in [0.4, 0.5) is 0 Å². The molecule has 0 saturated carbocycles. The maximum Gasteiger partial charge on any atom is 0.0619 e. The first-order valence-corrected chi connectivity index (χ1v) is 8.44. The minimum atomic E-state index is 0.495. The molecule has 2 fully saturated rings. The zero-order valence-electron chi connectivity index (χ0n) is 12.8. The van der Waals surface area contributed by atoms with Crippen molar-refractivity contribution in [2.24, 2.45) is 0 Å². The molecule has 2 aliphatic heterocycles. The van der Waals surface area contributed by atoms with Crippen LogP contribution in [0.25, 0.3) is 0 Å². The van der Waals surface area contributed by atoms with Gasteiger partial charge in [-0.1, -0.05) is 29.8 Å². The van der Waals surface area contributed by atoms with Gasteiger partial charge in [0, 0.05) is 36.7 Å². The first kappa shape index (κ1) is 15.3. The summed E-state index contributed by atoms with van der Waals surface area (Å²) in [5.41, 5.74) is 1.30. The second kappa shape index (κ2) is 7.10. The smallest absolute Gasteiger partial charge is 0.0619 e. The maximum atomic E-state index is 6.39. The van der Waals surface area contributed by atoms with Crippen LogP contribution in [0.2, 0.25) is 5.02 Å². The predicted octanol–water partition coefficient (Wildman–Crippen LogP) is 3.20. The van der Waals surface area contributed by atoms with Crippen LogP contribution in [0.3, 0.4) is 0 Å². The molecule has 4 heteroatoms. The number of nitrogens with zero attached hydrogens (tertiary/aromatic N) is 2. The third-order valence-corrected chi connectivity index (χ3v) is 5.15. The van der Waals surface area contributed by atoms with Gasteiger partial charge < -0.3 is 4.74 Å². The number of halogens is 1. The van der Waals surface area contributed by atoms with Gasteiger partial charge in [0.25, 0.3) is 0 Å². The summed E-state index contributed by atoms with van der Waals surface area (Å²) in [4.78, 5) is 5.15. The molecule has 1 aromatic carbocycles. The molecule has 0 aliphatic carbocycles. The minimum absolute atomic E-state index is 0.495. The van der Waals surface area contributed by atoms with Crippen LogP contribution in [0.15, 0.2) is 24.3 Å². The highest BCUT2D eigenvalue weighted by Crippen LogP contribution is 2.35. The zero-order chi connectivity index (χ0) is 14.7. The van der Waals surface area contributed by atoms with E-state index in [4.69, 9.17) is 16.3 Å². The van der Waals surface area contributed by atoms with Crippen molar-refractivity contribution in [1.82, 2.24) is 9.80 Å². The van der Waals surface area contributed by atoms with Crippen LogP contribution >= 0.6 is 11.6 Å². The lowest BCUT2D eigenvalue weighted by Crippen LogP contribution is -2.46. The van der Waals surface area contributed by atoms with Crippen molar-refractivity contribution in [2.75, 3.05) is 39.4 Å². The van der Waals surface area contributed by atoms with Gasteiger partial charge in [-0.25, -0.2) is 0 Å². The molecule has 0 unspecified atom stereocenters. The number of morpholine rings is 1. The van der Waals surface area contributed by atoms with E-state index in [-0.39, 0.29) is 0 Å². The molecule has 2 aliphatic rings. The molecule has 116 valence electrons. The van der Waals surface area contributed by atoms with E-state index in [1.54, 1.807) is 0 Å². The van der Waals surface area contributed by atoms with E-state index in [1.165, 1.54) is 24.9 Å². The van der Waals surface area contributed by atoms with Crippen LogP contribution in [0.5, 0.6) is 0 Å². The molecule has 0 radical (unpaired) electrons. The molecule has 0 spiro atoms. The Balaban J connectivity index is 1.61. The van der Waals surface area contributed by atoms with Crippen molar-refractivity contribution < 1.29 is 4.74 Å². The molecule has 2 heterocycles. The Hall–Kier alpha value is -0.610. The van der Waals surface area contributed by atoms with E-state index in [9.17, 15) is 0 Å². The summed E-state index contributed by atoms with van der Waals surface area (Å²) in [7, 11) is 0. The first-order valence-electron chi connectivity index (χ1n) is 8.06. The zero-order valence-corrected chi connectivity index (χ0v) is 13.6. The summed E-state index contributed by atoms with van der Waals surface area (Å²) >= 11 is 6.39. The Morgan fingerprint density at radius 3 is 2.81 bits per heavy atom. The van der Waals surface area contributed by atoms with Crippen molar-refractivity contribution in [3.8, 4) is 0 Å². The Bertz CT molecular complexity index is 468. The van der Waals surface area contributed by atoms with Crippen LogP contribution in [-0.2, 0) is 4.74 Å². The van der Waals surface area contributed by atoms with E-state index >= 15 is 0 Å². The van der Waals surface area contributed by atoms with E-state index in [2.05, 4.69) is 28.9 Å². The van der Waals surface area contributed by atoms with Gasteiger partial charge >= 0.3 is 0 Å². The fraction of sp³-hybridized carbons (Fsp3) is 0.647. The average molecular weight is 309 g/mol. The average Bonchev–Trinajstić information content (AvgIpc) is 2.95. The van der Waals surface area contributed by atoms with E-state index in [1.807, 2.05) is 12.1 Å². The molecule has 2 saturated heterocycles. The van der Waals surface area contributed by atoms with Crippen molar-refractivity contribution >= 4 is 11.6 Å². The Morgan fingerprint density at radius 2 is 2.00 bits per heavy atom. The molecule has 3 nitrogen and oxygen atoms in total. The molecular formula is C17H25ClN2O. The highest BCUT2D eigenvalue weighted by Gasteiger charge is 2.28. The third-order valence-electron chi connectivity index (χ3n) is 4.81. The summed E-state index contributed by atoms with van der Waals surface area (Å²) in [6.45, 7) is 8.51. The van der Waals surface area contributed by atoms with Gasteiger partial charge in [0.2, 0.25) is 0 Å². The summed E-state index contributed by atoms with van der Waals surface area (Å²) in [5, 5.41) is 0.911. The van der Waals surface area contributed by atoms with E-state index in [0.717, 1.165) is 37.9 Å². The monoisotopic (exact) mass is 308 g/mol. The Morgan fingerprint density at radius 1 is 1.19 bits per heavy atom. The molecule has 0 N–H and O–H groups in total. The van der Waals surface area contributed by atoms with Gasteiger partial charge in [0.05, 0.1) is 13.2 Å². The summed E-state index contributed by atoms with van der Waals surface area (Å²) in [5.74, 6) is 0. The lowest BCUT2D eigenvalue weighted by atomic mass is 10.0. The Labute approximate surface area is 132 Å². The molecule has 3 rings (SSSR count). The van der Waals surface area contributed by atoms with Crippen LogP contribution in [0, 0.1) is 0 Å². The number of rotatable bonds is 4. The fourth-order valence-corrected chi connectivity index (χ4v) is 3.80. The molecule has 0 bridgehead atoms. The topological polar surface area (TPSA) is 15.7 Å². The molecule has 2 atom stereocenters. The van der Waals surface area contributed by atoms with Crippen molar-refractivity contribution in [1.29, 1.82) is 0 Å². The van der Waals surface area contributed by atoms with Gasteiger partial charge in [0.15, 0.2) is 0 Å². The minimum Gasteiger partial charge on any atom is -0.379 e. The quantitative estimate of drug-likeness (QED) is 0.849. The summed E-state index contributed by atoms with van der Waals surface area (Å²) in [6.07, 6.45) is 2.50. The first-order chi connectivity index (χ1) is 10.3. The highest BCUT2D eigenvalue weighted by molar-refractivity contribution is 6.31. The van der Waals surface area contributed by atoms with E-state index in [0.29, 0.717) is 12.1 Å². The second-order valence-corrected chi connectivity index (χ2v) is 6.58. The Kier molecular flexibility index (Phi) is 5.17. The SMILES string of the molecule is C[C@@H]1COCCN1CCN1CCC[C@@H]1c1ccccc1Cl. The maximum absolute atomic E-state index is 6.39. The van der Waals surface area contributed by atoms with Crippen LogP contribution < -0.4 is 0 Å². The van der Waals surface area contributed by atoms with Gasteiger partial charge in [-0.05, 0) is 37.9 Å². The number of benzene rings is 1. The number of likely N-dealkylation sites (tertiary alicyclic amines) is 1. The van der Waals surface area contributed by atoms with Crippen molar-refractivity contribution in [3.05, 3.63) is 34.9 Å². The predicted molar refractivity (Wildman–Crippen MR) is 86.9 cm³/mol. The lowest BCUT2D eigenvalue weighted by molar-refractivity contribution is -0.00452. The van der Waals surface area contributed by atoms with Crippen molar-refractivity contribution in [2.45, 2.75) is 31.8 Å². The molecule has 21 heavy (non-hydrogen) atoms. The molecule has 1 aromatic rings. The van der Waals surface area contributed by atoms with E-state index < -0.39 is 0 Å². The largest absolute Gasteiger partial charge is 0.379 e. The molecule has 0 amide bonds. The number of hydrogen-bond acceptors (Lipinski definition) is 3. The standard InChI is InChI=1S/C17H25ClN2O/c1-14-13-21-12-11-19(14)9-10-20-8-4-7-17(20)15-5-2-3-6-16(15)18/h2-3,5-6,14,17H,4,7-13H2,1H3/t14-,17-/m1/s1. The normalized spacial score (nSPS) is 28.1. The van der Waals surface area contributed by atoms with Gasteiger partial charge in [-0.15, -0.1) is 0 Å². The fourth-order valence-electron chi connectivity index (χ4n) is 3.54. The van der Waals surface area contributed by atoms with Gasteiger partial charge in [-0.3, -0.25) is 9.80 Å². The summed E-state index contributed by atoms with van der Waals surface area (Å²) < 4.78 is 5.52. The molecular weight excluding hydrogens is 284 g/mol. The number of ether oxygens (including phenoxy) is 1. The number of hydrogen-bond donors (Lipinski definition) is 0. The van der Waals surface area contributed by atoms with Gasteiger partial charge in [0.1, 0.15) is 0 Å².